The van der Waals surface area contributed by atoms with E-state index in [0.29, 0.717) is 30.0 Å². The topological polar surface area (TPSA) is 40.5 Å². The van der Waals surface area contributed by atoms with Gasteiger partial charge >= 0.3 is 4.87 Å². The van der Waals surface area contributed by atoms with Gasteiger partial charge in [-0.3, -0.25) is 9.36 Å². The van der Waals surface area contributed by atoms with Crippen LogP contribution in [0, 0.1) is 12.7 Å². The molecule has 0 atom stereocenters. The Balaban J connectivity index is 2.05. The zero-order valence-electron chi connectivity index (χ0n) is 10.3. The lowest BCUT2D eigenvalue weighted by atomic mass is 10.1. The van der Waals surface area contributed by atoms with Crippen LogP contribution < -0.4 is 9.61 Å². The third kappa shape index (κ3) is 2.29. The Labute approximate surface area is 113 Å². The molecular formula is C13H12FNO3S. The number of thiazole rings is 1. The Hall–Kier alpha value is -1.66. The van der Waals surface area contributed by atoms with Crippen molar-refractivity contribution in [3.63, 3.8) is 0 Å². The van der Waals surface area contributed by atoms with Crippen LogP contribution in [-0.4, -0.2) is 11.4 Å². The summed E-state index contributed by atoms with van der Waals surface area (Å²) in [4.78, 5) is 11.7. The Morgan fingerprint density at radius 1 is 1.47 bits per heavy atom. The van der Waals surface area contributed by atoms with E-state index in [-0.39, 0.29) is 17.5 Å². The monoisotopic (exact) mass is 281 g/mol. The van der Waals surface area contributed by atoms with Gasteiger partial charge < -0.3 is 9.47 Å². The highest BCUT2D eigenvalue weighted by Gasteiger charge is 2.18. The van der Waals surface area contributed by atoms with Gasteiger partial charge in [-0.2, -0.15) is 0 Å². The predicted octanol–water partition coefficient (Wildman–Crippen LogP) is 2.27. The third-order valence-electron chi connectivity index (χ3n) is 3.06. The van der Waals surface area contributed by atoms with Crippen LogP contribution in [0.15, 0.2) is 22.3 Å². The molecule has 19 heavy (non-hydrogen) atoms. The molecule has 0 N–H and O–H groups in total. The maximum atomic E-state index is 13.6. The van der Waals surface area contributed by atoms with Gasteiger partial charge in [0.15, 0.2) is 6.79 Å². The van der Waals surface area contributed by atoms with E-state index in [1.807, 2.05) is 6.92 Å². The van der Waals surface area contributed by atoms with Gasteiger partial charge in [0.05, 0.1) is 13.2 Å². The van der Waals surface area contributed by atoms with Crippen LogP contribution in [0.2, 0.25) is 0 Å². The number of halogens is 1. The molecule has 1 aliphatic rings. The van der Waals surface area contributed by atoms with Crippen LogP contribution in [0.25, 0.3) is 0 Å². The lowest BCUT2D eigenvalue weighted by Gasteiger charge is -2.21. The van der Waals surface area contributed by atoms with Gasteiger partial charge in [0, 0.05) is 22.2 Å². The highest BCUT2D eigenvalue weighted by atomic mass is 32.1. The summed E-state index contributed by atoms with van der Waals surface area (Å²) in [7, 11) is 0. The number of benzene rings is 1. The maximum Gasteiger partial charge on any atom is 0.307 e. The van der Waals surface area contributed by atoms with Crippen LogP contribution in [0.3, 0.4) is 0 Å². The van der Waals surface area contributed by atoms with E-state index in [9.17, 15) is 9.18 Å². The predicted molar refractivity (Wildman–Crippen MR) is 69.1 cm³/mol. The Bertz CT molecular complexity index is 677. The molecule has 100 valence electrons. The molecule has 1 aromatic heterocycles. The van der Waals surface area contributed by atoms with Crippen molar-refractivity contribution in [2.45, 2.75) is 20.1 Å². The molecule has 0 unspecified atom stereocenters. The second-order valence-corrected chi connectivity index (χ2v) is 5.21. The van der Waals surface area contributed by atoms with Crippen molar-refractivity contribution in [2.24, 2.45) is 0 Å². The molecule has 2 aromatic rings. The first-order valence-corrected chi connectivity index (χ1v) is 6.70. The molecule has 0 saturated heterocycles. The number of nitrogens with zero attached hydrogens (tertiary/aromatic N) is 1. The number of rotatable bonds is 2. The lowest BCUT2D eigenvalue weighted by molar-refractivity contribution is -0.0173. The summed E-state index contributed by atoms with van der Waals surface area (Å²) in [6.45, 7) is 2.66. The average Bonchev–Trinajstić information content (AvgIpc) is 2.70. The molecule has 1 aliphatic heterocycles. The quantitative estimate of drug-likeness (QED) is 0.848. The first-order valence-electron chi connectivity index (χ1n) is 5.82. The molecule has 0 radical (unpaired) electrons. The molecule has 6 heteroatoms. The zero-order valence-corrected chi connectivity index (χ0v) is 11.1. The Kier molecular flexibility index (Phi) is 3.12. The Morgan fingerprint density at radius 3 is 3.05 bits per heavy atom. The largest absolute Gasteiger partial charge is 0.467 e. The summed E-state index contributed by atoms with van der Waals surface area (Å²) in [6, 6.07) is 2.81. The molecule has 3 rings (SSSR count). The minimum atomic E-state index is -0.344. The summed E-state index contributed by atoms with van der Waals surface area (Å²) in [5.41, 5.74) is 2.21. The summed E-state index contributed by atoms with van der Waals surface area (Å²) in [5, 5.41) is 1.79. The van der Waals surface area contributed by atoms with Crippen molar-refractivity contribution in [1.82, 2.24) is 4.57 Å². The maximum absolute atomic E-state index is 13.6. The highest BCUT2D eigenvalue weighted by Crippen LogP contribution is 2.30. The number of aryl methyl sites for hydroxylation is 1. The second-order valence-electron chi connectivity index (χ2n) is 4.39. The number of hydrogen-bond acceptors (Lipinski definition) is 4. The van der Waals surface area contributed by atoms with Crippen molar-refractivity contribution in [2.75, 3.05) is 6.79 Å². The van der Waals surface area contributed by atoms with E-state index in [2.05, 4.69) is 0 Å². The van der Waals surface area contributed by atoms with Gasteiger partial charge in [0.1, 0.15) is 11.6 Å². The fourth-order valence-electron chi connectivity index (χ4n) is 2.14. The smallest absolute Gasteiger partial charge is 0.307 e. The van der Waals surface area contributed by atoms with E-state index >= 15 is 0 Å². The molecule has 0 bridgehead atoms. The molecule has 0 spiro atoms. The zero-order chi connectivity index (χ0) is 13.4. The minimum absolute atomic E-state index is 0.0532. The van der Waals surface area contributed by atoms with E-state index in [0.717, 1.165) is 17.0 Å². The molecule has 0 aliphatic carbocycles. The van der Waals surface area contributed by atoms with Crippen LogP contribution in [-0.2, 0) is 17.9 Å². The van der Waals surface area contributed by atoms with Crippen LogP contribution in [0.5, 0.6) is 5.75 Å². The molecule has 1 aromatic carbocycles. The summed E-state index contributed by atoms with van der Waals surface area (Å²) in [6.07, 6.45) is 0. The number of ether oxygens (including phenoxy) is 2. The fraction of sp³-hybridized carbons (Fsp3) is 0.308. The molecule has 0 amide bonds. The number of aromatic nitrogens is 1. The SMILES string of the molecule is Cc1csc(=O)n1Cc1cc(F)cc2c1OCOC2. The molecule has 4 nitrogen and oxygen atoms in total. The fourth-order valence-corrected chi connectivity index (χ4v) is 2.88. The van der Waals surface area contributed by atoms with Crippen molar-refractivity contribution < 1.29 is 13.9 Å². The number of hydrogen-bond donors (Lipinski definition) is 0. The van der Waals surface area contributed by atoms with E-state index in [1.165, 1.54) is 12.1 Å². The summed E-state index contributed by atoms with van der Waals surface area (Å²) >= 11 is 1.14. The third-order valence-corrected chi connectivity index (χ3v) is 3.94. The minimum Gasteiger partial charge on any atom is -0.467 e. The summed E-state index contributed by atoms with van der Waals surface area (Å²) < 4.78 is 25.8. The van der Waals surface area contributed by atoms with Crippen LogP contribution in [0.4, 0.5) is 4.39 Å². The van der Waals surface area contributed by atoms with E-state index < -0.39 is 0 Å². The van der Waals surface area contributed by atoms with Gasteiger partial charge in [-0.05, 0) is 19.1 Å². The van der Waals surface area contributed by atoms with Gasteiger partial charge in [-0.25, -0.2) is 4.39 Å². The van der Waals surface area contributed by atoms with Gasteiger partial charge in [-0.15, -0.1) is 0 Å². The van der Waals surface area contributed by atoms with Gasteiger partial charge in [-0.1, -0.05) is 11.3 Å². The van der Waals surface area contributed by atoms with Crippen LogP contribution >= 0.6 is 11.3 Å². The van der Waals surface area contributed by atoms with E-state index in [1.54, 1.807) is 9.95 Å². The van der Waals surface area contributed by atoms with Gasteiger partial charge in [0.25, 0.3) is 0 Å². The molecular weight excluding hydrogens is 269 g/mol. The first kappa shape index (κ1) is 12.4. The average molecular weight is 281 g/mol. The van der Waals surface area contributed by atoms with E-state index in [4.69, 9.17) is 9.47 Å². The first-order chi connectivity index (χ1) is 9.15. The van der Waals surface area contributed by atoms with Crippen molar-refractivity contribution in [3.8, 4) is 5.75 Å². The molecule has 0 fully saturated rings. The second kappa shape index (κ2) is 4.79. The molecule has 0 saturated carbocycles. The lowest BCUT2D eigenvalue weighted by Crippen LogP contribution is -2.19. The molecule has 2 heterocycles. The normalized spacial score (nSPS) is 14.0. The van der Waals surface area contributed by atoms with Gasteiger partial charge in [0.2, 0.25) is 0 Å². The number of fused-ring (bicyclic) bond motifs is 1. The highest BCUT2D eigenvalue weighted by molar-refractivity contribution is 7.07. The summed E-state index contributed by atoms with van der Waals surface area (Å²) in [5.74, 6) is 0.286. The Morgan fingerprint density at radius 2 is 2.32 bits per heavy atom. The van der Waals surface area contributed by atoms with Crippen molar-refractivity contribution >= 4 is 11.3 Å². The standard InChI is InChI=1S/C13H12FNO3S/c1-8-6-19-13(16)15(8)4-9-2-11(14)3-10-5-17-7-18-12(9)10/h2-3,6H,4-5,7H2,1H3. The van der Waals surface area contributed by atoms with Crippen molar-refractivity contribution in [3.05, 3.63) is 49.8 Å². The van der Waals surface area contributed by atoms with Crippen molar-refractivity contribution in [1.29, 1.82) is 0 Å². The van der Waals surface area contributed by atoms with Crippen LogP contribution in [0.1, 0.15) is 16.8 Å².